The van der Waals surface area contributed by atoms with Crippen LogP contribution >= 0.6 is 0 Å². The van der Waals surface area contributed by atoms with Gasteiger partial charge in [0, 0.05) is 18.7 Å². The van der Waals surface area contributed by atoms with Gasteiger partial charge in [0.15, 0.2) is 0 Å². The Morgan fingerprint density at radius 3 is 3.00 bits per heavy atom. The first-order chi connectivity index (χ1) is 6.70. The predicted octanol–water partition coefficient (Wildman–Crippen LogP) is 2.98. The van der Waals surface area contributed by atoms with Gasteiger partial charge in [0.05, 0.1) is 5.69 Å². The van der Waals surface area contributed by atoms with Gasteiger partial charge < -0.3 is 4.57 Å². The quantitative estimate of drug-likeness (QED) is 0.704. The fourth-order valence-electron chi connectivity index (χ4n) is 2.49. The van der Waals surface area contributed by atoms with Crippen LogP contribution < -0.4 is 0 Å². The SMILES string of the molecule is CCCc1cn2c(n1)CC(C)CC2C. The van der Waals surface area contributed by atoms with Crippen LogP contribution in [0.3, 0.4) is 0 Å². The molecule has 0 radical (unpaired) electrons. The van der Waals surface area contributed by atoms with Crippen LogP contribution in [0.15, 0.2) is 6.20 Å². The summed E-state index contributed by atoms with van der Waals surface area (Å²) in [6.45, 7) is 6.84. The third-order valence-corrected chi connectivity index (χ3v) is 3.11. The third-order valence-electron chi connectivity index (χ3n) is 3.11. The Balaban J connectivity index is 2.26. The Morgan fingerprint density at radius 1 is 1.50 bits per heavy atom. The zero-order valence-corrected chi connectivity index (χ0v) is 9.45. The zero-order chi connectivity index (χ0) is 10.1. The van der Waals surface area contributed by atoms with Crippen molar-refractivity contribution in [1.82, 2.24) is 9.55 Å². The number of aromatic nitrogens is 2. The summed E-state index contributed by atoms with van der Waals surface area (Å²) in [6, 6.07) is 0.645. The highest BCUT2D eigenvalue weighted by molar-refractivity contribution is 5.08. The molecule has 0 N–H and O–H groups in total. The van der Waals surface area contributed by atoms with Crippen LogP contribution in [-0.2, 0) is 12.8 Å². The van der Waals surface area contributed by atoms with Crippen LogP contribution in [-0.4, -0.2) is 9.55 Å². The average Bonchev–Trinajstić information content (AvgIpc) is 2.48. The molecule has 2 heteroatoms. The van der Waals surface area contributed by atoms with Crippen molar-refractivity contribution in [2.45, 2.75) is 52.5 Å². The van der Waals surface area contributed by atoms with E-state index < -0.39 is 0 Å². The second-order valence-corrected chi connectivity index (χ2v) is 4.70. The Hall–Kier alpha value is -0.790. The van der Waals surface area contributed by atoms with Crippen molar-refractivity contribution in [3.63, 3.8) is 0 Å². The van der Waals surface area contributed by atoms with Gasteiger partial charge in [-0.15, -0.1) is 0 Å². The lowest BCUT2D eigenvalue weighted by molar-refractivity contribution is 0.343. The lowest BCUT2D eigenvalue weighted by Crippen LogP contribution is -2.20. The van der Waals surface area contributed by atoms with Gasteiger partial charge in [-0.25, -0.2) is 4.98 Å². The molecule has 78 valence electrons. The van der Waals surface area contributed by atoms with Crippen molar-refractivity contribution in [1.29, 1.82) is 0 Å². The number of fused-ring (bicyclic) bond motifs is 1. The maximum atomic E-state index is 4.70. The molecule has 0 saturated heterocycles. The molecular weight excluding hydrogens is 172 g/mol. The molecule has 2 atom stereocenters. The minimum Gasteiger partial charge on any atom is -0.332 e. The number of rotatable bonds is 2. The first-order valence-electron chi connectivity index (χ1n) is 5.77. The summed E-state index contributed by atoms with van der Waals surface area (Å²) in [4.78, 5) is 4.70. The minimum atomic E-state index is 0.645. The van der Waals surface area contributed by atoms with Gasteiger partial charge in [0.2, 0.25) is 0 Å². The zero-order valence-electron chi connectivity index (χ0n) is 9.45. The smallest absolute Gasteiger partial charge is 0.109 e. The summed E-state index contributed by atoms with van der Waals surface area (Å²) in [6.07, 6.45) is 7.04. The largest absolute Gasteiger partial charge is 0.332 e. The van der Waals surface area contributed by atoms with E-state index in [2.05, 4.69) is 31.5 Å². The highest BCUT2D eigenvalue weighted by Crippen LogP contribution is 2.28. The molecule has 0 fully saturated rings. The number of hydrogen-bond acceptors (Lipinski definition) is 1. The maximum absolute atomic E-state index is 4.70. The van der Waals surface area contributed by atoms with Crippen LogP contribution in [0.2, 0.25) is 0 Å². The molecule has 1 aromatic rings. The van der Waals surface area contributed by atoms with Gasteiger partial charge in [0.1, 0.15) is 5.82 Å². The normalized spacial score (nSPS) is 26.2. The van der Waals surface area contributed by atoms with Crippen LogP contribution in [0.4, 0.5) is 0 Å². The minimum absolute atomic E-state index is 0.645. The lowest BCUT2D eigenvalue weighted by atomic mass is 9.95. The molecule has 2 heterocycles. The molecular formula is C12H20N2. The molecule has 0 aliphatic carbocycles. The van der Waals surface area contributed by atoms with E-state index in [1.165, 1.54) is 24.4 Å². The Morgan fingerprint density at radius 2 is 2.29 bits per heavy atom. The fourth-order valence-corrected chi connectivity index (χ4v) is 2.49. The Labute approximate surface area is 86.3 Å². The van der Waals surface area contributed by atoms with Crippen molar-refractivity contribution in [3.05, 3.63) is 17.7 Å². The second kappa shape index (κ2) is 3.76. The monoisotopic (exact) mass is 192 g/mol. The van der Waals surface area contributed by atoms with Crippen molar-refractivity contribution < 1.29 is 0 Å². The van der Waals surface area contributed by atoms with Crippen LogP contribution in [0.1, 0.15) is 51.2 Å². The summed E-state index contributed by atoms with van der Waals surface area (Å²) < 4.78 is 2.38. The topological polar surface area (TPSA) is 17.8 Å². The molecule has 2 nitrogen and oxygen atoms in total. The summed E-state index contributed by atoms with van der Waals surface area (Å²) in [5.74, 6) is 2.11. The molecule has 1 aliphatic rings. The molecule has 0 bridgehead atoms. The van der Waals surface area contributed by atoms with Crippen molar-refractivity contribution in [3.8, 4) is 0 Å². The van der Waals surface area contributed by atoms with E-state index >= 15 is 0 Å². The van der Waals surface area contributed by atoms with Gasteiger partial charge in [-0.2, -0.15) is 0 Å². The second-order valence-electron chi connectivity index (χ2n) is 4.70. The molecule has 0 amide bonds. The highest BCUT2D eigenvalue weighted by atomic mass is 15.1. The van der Waals surface area contributed by atoms with E-state index in [0.717, 1.165) is 18.8 Å². The van der Waals surface area contributed by atoms with Crippen LogP contribution in [0.5, 0.6) is 0 Å². The first kappa shape index (κ1) is 9.75. The van der Waals surface area contributed by atoms with Gasteiger partial charge in [-0.05, 0) is 25.7 Å². The van der Waals surface area contributed by atoms with E-state index in [4.69, 9.17) is 4.98 Å². The Kier molecular flexibility index (Phi) is 2.62. The van der Waals surface area contributed by atoms with Crippen LogP contribution in [0, 0.1) is 5.92 Å². The summed E-state index contributed by atoms with van der Waals surface area (Å²) in [7, 11) is 0. The fraction of sp³-hybridized carbons (Fsp3) is 0.750. The van der Waals surface area contributed by atoms with E-state index in [0.29, 0.717) is 6.04 Å². The summed E-state index contributed by atoms with van der Waals surface area (Å²) >= 11 is 0. The summed E-state index contributed by atoms with van der Waals surface area (Å²) in [5.41, 5.74) is 1.28. The van der Waals surface area contributed by atoms with E-state index in [1.807, 2.05) is 0 Å². The molecule has 1 aromatic heterocycles. The average molecular weight is 192 g/mol. The van der Waals surface area contributed by atoms with E-state index in [-0.39, 0.29) is 0 Å². The molecule has 1 aliphatic heterocycles. The number of imidazole rings is 1. The van der Waals surface area contributed by atoms with Crippen molar-refractivity contribution in [2.75, 3.05) is 0 Å². The number of hydrogen-bond donors (Lipinski definition) is 0. The van der Waals surface area contributed by atoms with Crippen LogP contribution in [0.25, 0.3) is 0 Å². The molecule has 0 spiro atoms. The molecule has 2 rings (SSSR count). The lowest BCUT2D eigenvalue weighted by Gasteiger charge is -2.26. The molecule has 0 saturated carbocycles. The Bertz CT molecular complexity index is 314. The molecule has 14 heavy (non-hydrogen) atoms. The standard InChI is InChI=1S/C12H20N2/c1-4-5-11-8-14-10(3)6-9(2)7-12(14)13-11/h8-10H,4-7H2,1-3H3. The third kappa shape index (κ3) is 1.70. The number of aryl methyl sites for hydroxylation is 1. The van der Waals surface area contributed by atoms with Gasteiger partial charge in [0.25, 0.3) is 0 Å². The van der Waals surface area contributed by atoms with Gasteiger partial charge >= 0.3 is 0 Å². The first-order valence-corrected chi connectivity index (χ1v) is 5.77. The van der Waals surface area contributed by atoms with E-state index in [9.17, 15) is 0 Å². The van der Waals surface area contributed by atoms with Gasteiger partial charge in [-0.1, -0.05) is 20.3 Å². The predicted molar refractivity (Wildman–Crippen MR) is 58.4 cm³/mol. The van der Waals surface area contributed by atoms with Crippen molar-refractivity contribution >= 4 is 0 Å². The number of nitrogens with zero attached hydrogens (tertiary/aromatic N) is 2. The van der Waals surface area contributed by atoms with E-state index in [1.54, 1.807) is 0 Å². The van der Waals surface area contributed by atoms with Crippen molar-refractivity contribution in [2.24, 2.45) is 5.92 Å². The highest BCUT2D eigenvalue weighted by Gasteiger charge is 2.22. The molecule has 0 aromatic carbocycles. The summed E-state index contributed by atoms with van der Waals surface area (Å²) in [5, 5.41) is 0. The van der Waals surface area contributed by atoms with Gasteiger partial charge in [-0.3, -0.25) is 0 Å². The molecule has 2 unspecified atom stereocenters. The maximum Gasteiger partial charge on any atom is 0.109 e.